The molecule has 1 aromatic carbocycles. The average Bonchev–Trinajstić information content (AvgIpc) is 2.36. The standard InChI is InChI=1S/C13H13F3N2O/c1-17-12-10(7-19-8-13(14,15)16)6-9-4-2-3-5-11(9)18-12/h2-6H,7-8H2,1H3,(H,17,18). The number of rotatable bonds is 4. The Labute approximate surface area is 108 Å². The van der Waals surface area contributed by atoms with Gasteiger partial charge in [-0.1, -0.05) is 18.2 Å². The van der Waals surface area contributed by atoms with Crippen LogP contribution in [-0.2, 0) is 11.3 Å². The Morgan fingerprint density at radius 1 is 1.26 bits per heavy atom. The van der Waals surface area contributed by atoms with Crippen molar-refractivity contribution in [2.45, 2.75) is 12.8 Å². The summed E-state index contributed by atoms with van der Waals surface area (Å²) >= 11 is 0. The van der Waals surface area contributed by atoms with Gasteiger partial charge in [-0.25, -0.2) is 4.98 Å². The van der Waals surface area contributed by atoms with Gasteiger partial charge in [0, 0.05) is 18.0 Å². The lowest BCUT2D eigenvalue weighted by Gasteiger charge is -2.12. The number of anilines is 1. The quantitative estimate of drug-likeness (QED) is 0.925. The van der Waals surface area contributed by atoms with Crippen LogP contribution in [0.2, 0.25) is 0 Å². The highest BCUT2D eigenvalue weighted by Gasteiger charge is 2.27. The molecule has 102 valence electrons. The molecule has 0 atom stereocenters. The van der Waals surface area contributed by atoms with Gasteiger partial charge in [0.05, 0.1) is 12.1 Å². The molecule has 0 bridgehead atoms. The van der Waals surface area contributed by atoms with Crippen molar-refractivity contribution in [3.8, 4) is 0 Å². The molecule has 3 nitrogen and oxygen atoms in total. The molecular weight excluding hydrogens is 257 g/mol. The van der Waals surface area contributed by atoms with E-state index < -0.39 is 12.8 Å². The van der Waals surface area contributed by atoms with E-state index in [1.807, 2.05) is 24.3 Å². The molecule has 1 N–H and O–H groups in total. The highest BCUT2D eigenvalue weighted by molar-refractivity contribution is 5.81. The molecule has 6 heteroatoms. The number of aromatic nitrogens is 1. The summed E-state index contributed by atoms with van der Waals surface area (Å²) in [6.45, 7) is -1.39. The van der Waals surface area contributed by atoms with Crippen molar-refractivity contribution in [2.24, 2.45) is 0 Å². The van der Waals surface area contributed by atoms with Crippen molar-refractivity contribution < 1.29 is 17.9 Å². The van der Waals surface area contributed by atoms with E-state index in [9.17, 15) is 13.2 Å². The fourth-order valence-corrected chi connectivity index (χ4v) is 1.76. The third-order valence-electron chi connectivity index (χ3n) is 2.56. The van der Waals surface area contributed by atoms with Crippen molar-refractivity contribution >= 4 is 16.7 Å². The zero-order valence-corrected chi connectivity index (χ0v) is 10.3. The second kappa shape index (κ2) is 5.44. The molecule has 0 aliphatic rings. The van der Waals surface area contributed by atoms with Gasteiger partial charge in [0.15, 0.2) is 0 Å². The van der Waals surface area contributed by atoms with E-state index >= 15 is 0 Å². The second-order valence-corrected chi connectivity index (χ2v) is 4.05. The van der Waals surface area contributed by atoms with E-state index in [0.29, 0.717) is 11.4 Å². The first kappa shape index (κ1) is 13.6. The summed E-state index contributed by atoms with van der Waals surface area (Å²) in [6, 6.07) is 9.19. The maximum absolute atomic E-state index is 12.0. The van der Waals surface area contributed by atoms with Gasteiger partial charge < -0.3 is 10.1 Å². The van der Waals surface area contributed by atoms with Crippen molar-refractivity contribution in [3.63, 3.8) is 0 Å². The fourth-order valence-electron chi connectivity index (χ4n) is 1.76. The largest absolute Gasteiger partial charge is 0.411 e. The smallest absolute Gasteiger partial charge is 0.373 e. The van der Waals surface area contributed by atoms with Crippen molar-refractivity contribution in [1.29, 1.82) is 0 Å². The predicted octanol–water partition coefficient (Wildman–Crippen LogP) is 3.36. The number of para-hydroxylation sites is 1. The zero-order chi connectivity index (χ0) is 13.9. The Morgan fingerprint density at radius 3 is 2.68 bits per heavy atom. The van der Waals surface area contributed by atoms with Crippen LogP contribution in [0.1, 0.15) is 5.56 Å². The van der Waals surface area contributed by atoms with Crippen LogP contribution < -0.4 is 5.32 Å². The van der Waals surface area contributed by atoms with E-state index in [0.717, 1.165) is 10.9 Å². The molecule has 2 aromatic rings. The maximum atomic E-state index is 12.0. The van der Waals surface area contributed by atoms with E-state index in [2.05, 4.69) is 15.0 Å². The number of halogens is 3. The van der Waals surface area contributed by atoms with Gasteiger partial charge in [-0.3, -0.25) is 0 Å². The fraction of sp³-hybridized carbons (Fsp3) is 0.308. The lowest BCUT2D eigenvalue weighted by molar-refractivity contribution is -0.176. The first-order valence-electron chi connectivity index (χ1n) is 5.70. The SMILES string of the molecule is CNc1nc2ccccc2cc1COCC(F)(F)F. The van der Waals surface area contributed by atoms with Crippen LogP contribution >= 0.6 is 0 Å². The van der Waals surface area contributed by atoms with Crippen LogP contribution in [0.25, 0.3) is 10.9 Å². The summed E-state index contributed by atoms with van der Waals surface area (Å²) in [4.78, 5) is 4.34. The van der Waals surface area contributed by atoms with Gasteiger partial charge in [0.25, 0.3) is 0 Å². The van der Waals surface area contributed by atoms with Gasteiger partial charge in [-0.05, 0) is 12.1 Å². The minimum Gasteiger partial charge on any atom is -0.373 e. The summed E-state index contributed by atoms with van der Waals surface area (Å²) in [5.74, 6) is 0.529. The van der Waals surface area contributed by atoms with Crippen LogP contribution in [0.5, 0.6) is 0 Å². The summed E-state index contributed by atoms with van der Waals surface area (Å²) in [7, 11) is 1.67. The Balaban J connectivity index is 2.21. The summed E-state index contributed by atoms with van der Waals surface area (Å²) in [5, 5.41) is 3.73. The summed E-state index contributed by atoms with van der Waals surface area (Å²) in [5.41, 5.74) is 1.39. The number of nitrogens with zero attached hydrogens (tertiary/aromatic N) is 1. The van der Waals surface area contributed by atoms with Gasteiger partial charge in [-0.2, -0.15) is 13.2 Å². The minimum atomic E-state index is -4.32. The molecule has 1 heterocycles. The van der Waals surface area contributed by atoms with Gasteiger partial charge in [-0.15, -0.1) is 0 Å². The predicted molar refractivity (Wildman–Crippen MR) is 67.0 cm³/mol. The number of alkyl halides is 3. The van der Waals surface area contributed by atoms with Crippen molar-refractivity contribution in [1.82, 2.24) is 4.98 Å². The number of nitrogens with one attached hydrogen (secondary N) is 1. The van der Waals surface area contributed by atoms with Gasteiger partial charge in [0.2, 0.25) is 0 Å². The van der Waals surface area contributed by atoms with Crippen LogP contribution in [0.4, 0.5) is 19.0 Å². The third-order valence-corrected chi connectivity index (χ3v) is 2.56. The number of hydrogen-bond donors (Lipinski definition) is 1. The monoisotopic (exact) mass is 270 g/mol. The van der Waals surface area contributed by atoms with Crippen LogP contribution in [0.15, 0.2) is 30.3 Å². The normalized spacial score (nSPS) is 11.8. The maximum Gasteiger partial charge on any atom is 0.411 e. The van der Waals surface area contributed by atoms with E-state index in [1.165, 1.54) is 0 Å². The molecule has 0 unspecified atom stereocenters. The van der Waals surface area contributed by atoms with E-state index in [1.54, 1.807) is 13.1 Å². The van der Waals surface area contributed by atoms with E-state index in [-0.39, 0.29) is 6.61 Å². The average molecular weight is 270 g/mol. The highest BCUT2D eigenvalue weighted by atomic mass is 19.4. The van der Waals surface area contributed by atoms with Crippen LogP contribution in [0, 0.1) is 0 Å². The lowest BCUT2D eigenvalue weighted by Crippen LogP contribution is -2.17. The molecule has 0 amide bonds. The number of benzene rings is 1. The van der Waals surface area contributed by atoms with Crippen molar-refractivity contribution in [2.75, 3.05) is 19.0 Å². The van der Waals surface area contributed by atoms with Gasteiger partial charge >= 0.3 is 6.18 Å². The number of fused-ring (bicyclic) bond motifs is 1. The molecule has 0 fully saturated rings. The molecule has 0 aliphatic heterocycles. The molecular formula is C13H13F3N2O. The zero-order valence-electron chi connectivity index (χ0n) is 10.3. The Morgan fingerprint density at radius 2 is 2.00 bits per heavy atom. The topological polar surface area (TPSA) is 34.2 Å². The molecule has 1 aromatic heterocycles. The number of ether oxygens (including phenoxy) is 1. The molecule has 0 saturated carbocycles. The van der Waals surface area contributed by atoms with Gasteiger partial charge in [0.1, 0.15) is 12.4 Å². The molecule has 0 radical (unpaired) electrons. The Hall–Kier alpha value is -1.82. The third kappa shape index (κ3) is 3.57. The van der Waals surface area contributed by atoms with Crippen LogP contribution in [-0.4, -0.2) is 24.8 Å². The Kier molecular flexibility index (Phi) is 3.90. The lowest BCUT2D eigenvalue weighted by atomic mass is 10.1. The second-order valence-electron chi connectivity index (χ2n) is 4.05. The van der Waals surface area contributed by atoms with Crippen LogP contribution in [0.3, 0.4) is 0 Å². The number of pyridine rings is 1. The molecule has 2 rings (SSSR count). The van der Waals surface area contributed by atoms with E-state index in [4.69, 9.17) is 0 Å². The Bertz CT molecular complexity index is 569. The van der Waals surface area contributed by atoms with Crippen molar-refractivity contribution in [3.05, 3.63) is 35.9 Å². The molecule has 0 saturated heterocycles. The minimum absolute atomic E-state index is 0.131. The number of hydrogen-bond acceptors (Lipinski definition) is 3. The molecule has 0 spiro atoms. The molecule has 0 aliphatic carbocycles. The highest BCUT2D eigenvalue weighted by Crippen LogP contribution is 2.22. The molecule has 19 heavy (non-hydrogen) atoms. The first-order chi connectivity index (χ1) is 8.99. The summed E-state index contributed by atoms with van der Waals surface area (Å²) in [6.07, 6.45) is -4.32. The first-order valence-corrected chi connectivity index (χ1v) is 5.70. The summed E-state index contributed by atoms with van der Waals surface area (Å²) < 4.78 is 40.8.